The van der Waals surface area contributed by atoms with E-state index in [1.165, 1.54) is 13.0 Å². The fraction of sp³-hybridized carbons (Fsp3) is 0.312. The summed E-state index contributed by atoms with van der Waals surface area (Å²) >= 11 is 11.9. The van der Waals surface area contributed by atoms with E-state index in [1.807, 2.05) is 0 Å². The predicted octanol–water partition coefficient (Wildman–Crippen LogP) is 2.19. The quantitative estimate of drug-likeness (QED) is 0.567. The number of nitrogens with one attached hydrogen (secondary N) is 2. The summed E-state index contributed by atoms with van der Waals surface area (Å²) in [6.45, 7) is 3.27. The molecule has 1 atom stereocenters. The Morgan fingerprint density at radius 3 is 2.46 bits per heavy atom. The third-order valence-electron chi connectivity index (χ3n) is 2.85. The maximum absolute atomic E-state index is 11.6. The molecule has 0 heterocycles. The van der Waals surface area contributed by atoms with Crippen LogP contribution in [0.2, 0.25) is 10.0 Å². The molecule has 0 aromatic heterocycles. The topological polar surface area (TPSA) is 84.5 Å². The second kappa shape index (κ2) is 9.95. The Kier molecular flexibility index (Phi) is 8.29. The minimum atomic E-state index is -0.730. The average molecular weight is 373 g/mol. The summed E-state index contributed by atoms with van der Waals surface area (Å²) in [4.78, 5) is 34.7. The zero-order valence-electron chi connectivity index (χ0n) is 13.3. The van der Waals surface area contributed by atoms with Crippen LogP contribution in [0.15, 0.2) is 24.3 Å². The van der Waals surface area contributed by atoms with Gasteiger partial charge in [0.05, 0.1) is 0 Å². The van der Waals surface area contributed by atoms with Gasteiger partial charge in [-0.05, 0) is 32.1 Å². The number of rotatable bonds is 7. The number of hydrogen-bond donors (Lipinski definition) is 2. The van der Waals surface area contributed by atoms with Crippen LogP contribution in [0.4, 0.5) is 0 Å². The van der Waals surface area contributed by atoms with Gasteiger partial charge in [-0.1, -0.05) is 29.3 Å². The Morgan fingerprint density at radius 2 is 1.88 bits per heavy atom. The van der Waals surface area contributed by atoms with E-state index in [1.54, 1.807) is 25.1 Å². The molecule has 0 bridgehead atoms. The summed E-state index contributed by atoms with van der Waals surface area (Å²) in [5, 5.41) is 5.76. The molecule has 0 saturated carbocycles. The van der Waals surface area contributed by atoms with Crippen molar-refractivity contribution >= 4 is 47.1 Å². The van der Waals surface area contributed by atoms with Crippen LogP contribution in [0.3, 0.4) is 0 Å². The fourth-order valence-electron chi connectivity index (χ4n) is 1.68. The van der Waals surface area contributed by atoms with Crippen molar-refractivity contribution in [1.82, 2.24) is 10.6 Å². The van der Waals surface area contributed by atoms with E-state index < -0.39 is 24.5 Å². The molecule has 0 unspecified atom stereocenters. The number of esters is 1. The van der Waals surface area contributed by atoms with Gasteiger partial charge in [-0.25, -0.2) is 4.79 Å². The molecule has 2 amide bonds. The van der Waals surface area contributed by atoms with Crippen molar-refractivity contribution in [2.24, 2.45) is 0 Å². The standard InChI is InChI=1S/C16H18Cl2N2O4/c1-3-19-16(23)10(2)20-14(21)9-24-15(22)8-7-11-12(17)5-4-6-13(11)18/h4-8,10H,3,9H2,1-2H3,(H,19,23)(H,20,21)/b8-7+/t10-/m1/s1. The lowest BCUT2D eigenvalue weighted by molar-refractivity contribution is -0.144. The van der Waals surface area contributed by atoms with Crippen LogP contribution in [0, 0.1) is 0 Å². The number of likely N-dealkylation sites (N-methyl/N-ethyl adjacent to an activating group) is 1. The number of hydrogen-bond acceptors (Lipinski definition) is 4. The molecular formula is C16H18Cl2N2O4. The molecule has 1 aromatic carbocycles. The number of halogens is 2. The SMILES string of the molecule is CCNC(=O)[C@@H](C)NC(=O)COC(=O)/C=C/c1c(Cl)cccc1Cl. The molecule has 8 heteroatoms. The summed E-state index contributed by atoms with van der Waals surface area (Å²) in [6.07, 6.45) is 2.52. The van der Waals surface area contributed by atoms with E-state index in [0.717, 1.165) is 6.08 Å². The fourth-order valence-corrected chi connectivity index (χ4v) is 2.21. The van der Waals surface area contributed by atoms with Gasteiger partial charge in [0, 0.05) is 28.2 Å². The number of amides is 2. The number of carbonyl (C=O) groups excluding carboxylic acids is 3. The maximum atomic E-state index is 11.6. The highest BCUT2D eigenvalue weighted by molar-refractivity contribution is 6.37. The molecule has 2 N–H and O–H groups in total. The van der Waals surface area contributed by atoms with Crippen molar-refractivity contribution < 1.29 is 19.1 Å². The van der Waals surface area contributed by atoms with Gasteiger partial charge in [0.25, 0.3) is 5.91 Å². The molecule has 0 radical (unpaired) electrons. The summed E-state index contributed by atoms with van der Waals surface area (Å²) in [5.74, 6) is -1.62. The van der Waals surface area contributed by atoms with Crippen molar-refractivity contribution in [2.45, 2.75) is 19.9 Å². The van der Waals surface area contributed by atoms with Crippen molar-refractivity contribution in [3.05, 3.63) is 39.9 Å². The maximum Gasteiger partial charge on any atom is 0.331 e. The van der Waals surface area contributed by atoms with E-state index >= 15 is 0 Å². The van der Waals surface area contributed by atoms with Crippen LogP contribution in [0.25, 0.3) is 6.08 Å². The van der Waals surface area contributed by atoms with Gasteiger partial charge >= 0.3 is 5.97 Å². The highest BCUT2D eigenvalue weighted by Gasteiger charge is 2.15. The lowest BCUT2D eigenvalue weighted by atomic mass is 10.2. The Labute approximate surface area is 150 Å². The number of benzene rings is 1. The first-order valence-electron chi connectivity index (χ1n) is 7.21. The van der Waals surface area contributed by atoms with Crippen LogP contribution in [0.5, 0.6) is 0 Å². The normalized spacial score (nSPS) is 11.8. The third kappa shape index (κ3) is 6.60. The van der Waals surface area contributed by atoms with Gasteiger partial charge in [0.1, 0.15) is 6.04 Å². The van der Waals surface area contributed by atoms with Gasteiger partial charge in [-0.15, -0.1) is 0 Å². The van der Waals surface area contributed by atoms with Gasteiger partial charge in [-0.3, -0.25) is 9.59 Å². The first-order chi connectivity index (χ1) is 11.3. The zero-order chi connectivity index (χ0) is 18.1. The molecule has 0 spiro atoms. The third-order valence-corrected chi connectivity index (χ3v) is 3.51. The molecule has 1 rings (SSSR count). The molecule has 1 aromatic rings. The van der Waals surface area contributed by atoms with Gasteiger partial charge in [-0.2, -0.15) is 0 Å². The van der Waals surface area contributed by atoms with Gasteiger partial charge < -0.3 is 15.4 Å². The van der Waals surface area contributed by atoms with E-state index in [4.69, 9.17) is 27.9 Å². The molecule has 0 saturated heterocycles. The Balaban J connectivity index is 2.47. The van der Waals surface area contributed by atoms with Crippen LogP contribution in [-0.2, 0) is 19.1 Å². The van der Waals surface area contributed by atoms with Crippen molar-refractivity contribution in [1.29, 1.82) is 0 Å². The molecule has 24 heavy (non-hydrogen) atoms. The van der Waals surface area contributed by atoms with Crippen LogP contribution >= 0.6 is 23.2 Å². The average Bonchev–Trinajstić information content (AvgIpc) is 2.52. The van der Waals surface area contributed by atoms with Crippen LogP contribution < -0.4 is 10.6 Å². The molecule has 0 aliphatic heterocycles. The Morgan fingerprint density at radius 1 is 1.25 bits per heavy atom. The first kappa shape index (κ1) is 20.0. The second-order valence-electron chi connectivity index (χ2n) is 4.76. The van der Waals surface area contributed by atoms with Crippen LogP contribution in [-0.4, -0.2) is 37.0 Å². The summed E-state index contributed by atoms with van der Waals surface area (Å²) in [5.41, 5.74) is 0.479. The van der Waals surface area contributed by atoms with Crippen LogP contribution in [0.1, 0.15) is 19.4 Å². The number of carbonyl (C=O) groups is 3. The van der Waals surface area contributed by atoms with E-state index in [0.29, 0.717) is 22.2 Å². The summed E-state index contributed by atoms with van der Waals surface area (Å²) < 4.78 is 4.79. The van der Waals surface area contributed by atoms with E-state index in [9.17, 15) is 14.4 Å². The zero-order valence-corrected chi connectivity index (χ0v) is 14.8. The lowest BCUT2D eigenvalue weighted by Gasteiger charge is -2.12. The Hall–Kier alpha value is -2.05. The smallest absolute Gasteiger partial charge is 0.331 e. The molecule has 0 fully saturated rings. The minimum Gasteiger partial charge on any atom is -0.452 e. The predicted molar refractivity (Wildman–Crippen MR) is 92.7 cm³/mol. The highest BCUT2D eigenvalue weighted by atomic mass is 35.5. The van der Waals surface area contributed by atoms with E-state index in [-0.39, 0.29) is 5.91 Å². The monoisotopic (exact) mass is 372 g/mol. The van der Waals surface area contributed by atoms with Crippen molar-refractivity contribution in [2.75, 3.05) is 13.2 Å². The molecule has 130 valence electrons. The molecular weight excluding hydrogens is 355 g/mol. The summed E-state index contributed by atoms with van der Waals surface area (Å²) in [7, 11) is 0. The second-order valence-corrected chi connectivity index (χ2v) is 5.57. The number of ether oxygens (including phenoxy) is 1. The lowest BCUT2D eigenvalue weighted by Crippen LogP contribution is -2.46. The van der Waals surface area contributed by atoms with Crippen molar-refractivity contribution in [3.63, 3.8) is 0 Å². The largest absolute Gasteiger partial charge is 0.452 e. The van der Waals surface area contributed by atoms with Gasteiger partial charge in [0.2, 0.25) is 5.91 Å². The molecule has 0 aliphatic rings. The Bertz CT molecular complexity index is 627. The van der Waals surface area contributed by atoms with Gasteiger partial charge in [0.15, 0.2) is 6.61 Å². The first-order valence-corrected chi connectivity index (χ1v) is 7.96. The van der Waals surface area contributed by atoms with Crippen molar-refractivity contribution in [3.8, 4) is 0 Å². The minimum absolute atomic E-state index is 0.314. The molecule has 6 nitrogen and oxygen atoms in total. The highest BCUT2D eigenvalue weighted by Crippen LogP contribution is 2.25. The van der Waals surface area contributed by atoms with E-state index in [2.05, 4.69) is 10.6 Å². The molecule has 0 aliphatic carbocycles. The summed E-state index contributed by atoms with van der Waals surface area (Å²) in [6, 6.07) is 4.23.